The van der Waals surface area contributed by atoms with Crippen molar-refractivity contribution in [2.45, 2.75) is 31.5 Å². The first-order valence-electron chi connectivity index (χ1n) is 14.4. The minimum atomic E-state index is -3.85. The van der Waals surface area contributed by atoms with Crippen LogP contribution in [-0.2, 0) is 39.3 Å². The number of hydrogen-bond acceptors (Lipinski definition) is 7. The smallest absolute Gasteiger partial charge is 0.329 e. The van der Waals surface area contributed by atoms with Crippen LogP contribution in [0.15, 0.2) is 136 Å². The molecule has 2 amide bonds. The van der Waals surface area contributed by atoms with Crippen LogP contribution in [0.25, 0.3) is 0 Å². The first kappa shape index (κ1) is 31.9. The molecule has 0 bridgehead atoms. The molecule has 0 unspecified atom stereocenters. The second-order valence-corrected chi connectivity index (χ2v) is 12.3. The van der Waals surface area contributed by atoms with Gasteiger partial charge in [0.15, 0.2) is 0 Å². The number of sulfonamides is 1. The Hall–Kier alpha value is -5.52. The first-order chi connectivity index (χ1) is 22.3. The van der Waals surface area contributed by atoms with Crippen LogP contribution in [-0.4, -0.2) is 30.8 Å². The fourth-order valence-electron chi connectivity index (χ4n) is 4.36. The van der Waals surface area contributed by atoms with Gasteiger partial charge in [-0.2, -0.15) is 9.41 Å². The van der Waals surface area contributed by atoms with Crippen molar-refractivity contribution >= 4 is 33.7 Å². The molecule has 1 aromatic heterocycles. The van der Waals surface area contributed by atoms with Gasteiger partial charge in [-0.1, -0.05) is 78.4 Å². The summed E-state index contributed by atoms with van der Waals surface area (Å²) in [4.78, 5) is 24.8. The number of ether oxygens (including phenoxy) is 1. The number of carbonyl (C=O) groups is 2. The Morgan fingerprint density at radius 2 is 1.43 bits per heavy atom. The Labute approximate surface area is 267 Å². The second kappa shape index (κ2) is 15.0. The molecule has 11 heteroatoms. The summed E-state index contributed by atoms with van der Waals surface area (Å²) in [7, 11) is -3.85. The Bertz CT molecular complexity index is 1890. The molecule has 4 aromatic carbocycles. The third-order valence-electron chi connectivity index (χ3n) is 6.80. The molecule has 0 fully saturated rings. The predicted octanol–water partition coefficient (Wildman–Crippen LogP) is 5.65. The van der Waals surface area contributed by atoms with Crippen LogP contribution in [0.1, 0.15) is 28.2 Å². The highest BCUT2D eigenvalue weighted by molar-refractivity contribution is 7.89. The summed E-state index contributed by atoms with van der Waals surface area (Å²) in [5, 5.41) is 6.31. The standard InChI is InChI=1S/C35H32N4O6S/c1-26-12-20-33(21-13-26)46(42,43)39(23-27-8-4-2-5-9-27)24-32-19-18-31(45-32)22-36-38-35(41)34(40)37-29-14-16-30(17-15-29)44-25-28-10-6-3-7-11-28/h2-22H,23-25H2,1H3,(H,37,40)(H,38,41)/b36-22+. The molecular formula is C35H32N4O6S. The number of benzene rings is 4. The number of hydrogen-bond donors (Lipinski definition) is 2. The minimum absolute atomic E-state index is 0.0379. The third-order valence-corrected chi connectivity index (χ3v) is 8.61. The molecule has 0 aliphatic heterocycles. The molecule has 0 saturated heterocycles. The van der Waals surface area contributed by atoms with Crippen LogP contribution in [0.4, 0.5) is 5.69 Å². The molecule has 5 aromatic rings. The van der Waals surface area contributed by atoms with E-state index in [2.05, 4.69) is 15.8 Å². The molecule has 0 radical (unpaired) electrons. The van der Waals surface area contributed by atoms with Gasteiger partial charge in [-0.15, -0.1) is 0 Å². The molecule has 234 valence electrons. The van der Waals surface area contributed by atoms with Gasteiger partial charge in [-0.05, 0) is 66.6 Å². The van der Waals surface area contributed by atoms with E-state index in [1.165, 1.54) is 10.5 Å². The highest BCUT2D eigenvalue weighted by atomic mass is 32.2. The number of carbonyl (C=O) groups excluding carboxylic acids is 2. The maximum atomic E-state index is 13.6. The summed E-state index contributed by atoms with van der Waals surface area (Å²) in [6.45, 7) is 2.39. The first-order valence-corrected chi connectivity index (χ1v) is 15.8. The lowest BCUT2D eigenvalue weighted by atomic mass is 10.2. The van der Waals surface area contributed by atoms with Crippen molar-refractivity contribution in [3.05, 3.63) is 150 Å². The van der Waals surface area contributed by atoms with Gasteiger partial charge in [0.2, 0.25) is 10.0 Å². The van der Waals surface area contributed by atoms with Crippen molar-refractivity contribution in [1.29, 1.82) is 0 Å². The Balaban J connectivity index is 1.16. The maximum absolute atomic E-state index is 13.6. The number of amides is 2. The van der Waals surface area contributed by atoms with E-state index in [1.807, 2.05) is 67.6 Å². The van der Waals surface area contributed by atoms with Crippen LogP contribution in [0.5, 0.6) is 5.75 Å². The fourth-order valence-corrected chi connectivity index (χ4v) is 5.76. The molecule has 0 spiro atoms. The Kier molecular flexibility index (Phi) is 10.4. The van der Waals surface area contributed by atoms with Crippen molar-refractivity contribution < 1.29 is 27.2 Å². The SMILES string of the molecule is Cc1ccc(S(=O)(=O)N(Cc2ccccc2)Cc2ccc(/C=N/NC(=O)C(=O)Nc3ccc(OCc4ccccc4)cc3)o2)cc1. The summed E-state index contributed by atoms with van der Waals surface area (Å²) < 4.78 is 40.0. The van der Waals surface area contributed by atoms with Gasteiger partial charge in [0.1, 0.15) is 23.9 Å². The molecule has 0 atom stereocenters. The highest BCUT2D eigenvalue weighted by Crippen LogP contribution is 2.23. The van der Waals surface area contributed by atoms with Crippen LogP contribution in [0, 0.1) is 6.92 Å². The monoisotopic (exact) mass is 636 g/mol. The second-order valence-electron chi connectivity index (χ2n) is 10.3. The summed E-state index contributed by atoms with van der Waals surface area (Å²) in [5.74, 6) is -0.647. The van der Waals surface area contributed by atoms with Crippen LogP contribution < -0.4 is 15.5 Å². The molecular weight excluding hydrogens is 604 g/mol. The zero-order valence-electron chi connectivity index (χ0n) is 25.0. The van der Waals surface area contributed by atoms with E-state index in [1.54, 1.807) is 60.7 Å². The van der Waals surface area contributed by atoms with Gasteiger partial charge < -0.3 is 14.5 Å². The minimum Gasteiger partial charge on any atom is -0.489 e. The van der Waals surface area contributed by atoms with Crippen LogP contribution in [0.3, 0.4) is 0 Å². The molecule has 10 nitrogen and oxygen atoms in total. The lowest BCUT2D eigenvalue weighted by molar-refractivity contribution is -0.136. The number of anilines is 1. The van der Waals surface area contributed by atoms with E-state index in [-0.39, 0.29) is 23.7 Å². The highest BCUT2D eigenvalue weighted by Gasteiger charge is 2.26. The number of rotatable bonds is 12. The van der Waals surface area contributed by atoms with Crippen molar-refractivity contribution in [3.63, 3.8) is 0 Å². The van der Waals surface area contributed by atoms with Crippen LogP contribution in [0.2, 0.25) is 0 Å². The zero-order chi connectivity index (χ0) is 32.4. The molecule has 2 N–H and O–H groups in total. The van der Waals surface area contributed by atoms with Gasteiger partial charge in [-0.25, -0.2) is 13.8 Å². The summed E-state index contributed by atoms with van der Waals surface area (Å²) in [6, 6.07) is 35.5. The largest absolute Gasteiger partial charge is 0.489 e. The molecule has 46 heavy (non-hydrogen) atoms. The Morgan fingerprint density at radius 1 is 0.783 bits per heavy atom. The summed E-state index contributed by atoms with van der Waals surface area (Å²) in [6.07, 6.45) is 1.23. The van der Waals surface area contributed by atoms with E-state index in [4.69, 9.17) is 9.15 Å². The molecule has 0 aliphatic rings. The quantitative estimate of drug-likeness (QED) is 0.103. The van der Waals surface area contributed by atoms with Gasteiger partial charge >= 0.3 is 11.8 Å². The molecule has 0 aliphatic carbocycles. The van der Waals surface area contributed by atoms with Gasteiger partial charge in [0.25, 0.3) is 0 Å². The van der Waals surface area contributed by atoms with Gasteiger partial charge in [0, 0.05) is 12.2 Å². The predicted molar refractivity (Wildman–Crippen MR) is 174 cm³/mol. The van der Waals surface area contributed by atoms with Crippen molar-refractivity contribution in [2.24, 2.45) is 5.10 Å². The normalized spacial score (nSPS) is 11.4. The molecule has 5 rings (SSSR count). The number of nitrogens with one attached hydrogen (secondary N) is 2. The topological polar surface area (TPSA) is 130 Å². The Morgan fingerprint density at radius 3 is 2.11 bits per heavy atom. The van der Waals surface area contributed by atoms with E-state index >= 15 is 0 Å². The van der Waals surface area contributed by atoms with E-state index < -0.39 is 21.8 Å². The lowest BCUT2D eigenvalue weighted by Gasteiger charge is -2.21. The summed E-state index contributed by atoms with van der Waals surface area (Å²) >= 11 is 0. The number of nitrogens with zero attached hydrogens (tertiary/aromatic N) is 2. The zero-order valence-corrected chi connectivity index (χ0v) is 25.8. The van der Waals surface area contributed by atoms with Crippen LogP contribution >= 0.6 is 0 Å². The van der Waals surface area contributed by atoms with Gasteiger partial charge in [-0.3, -0.25) is 9.59 Å². The maximum Gasteiger partial charge on any atom is 0.329 e. The average molecular weight is 637 g/mol. The summed E-state index contributed by atoms with van der Waals surface area (Å²) in [5.41, 5.74) is 5.37. The average Bonchev–Trinajstić information content (AvgIpc) is 3.52. The van der Waals surface area contributed by atoms with Crippen molar-refractivity contribution in [3.8, 4) is 5.75 Å². The number of hydrazone groups is 1. The molecule has 1 heterocycles. The van der Waals surface area contributed by atoms with E-state index in [9.17, 15) is 18.0 Å². The lowest BCUT2D eigenvalue weighted by Crippen LogP contribution is -2.32. The molecule has 0 saturated carbocycles. The third kappa shape index (κ3) is 8.78. The number of furan rings is 1. The fraction of sp³-hybridized carbons (Fsp3) is 0.114. The van der Waals surface area contributed by atoms with E-state index in [0.29, 0.717) is 23.8 Å². The van der Waals surface area contributed by atoms with Gasteiger partial charge in [0.05, 0.1) is 17.7 Å². The number of aryl methyl sites for hydroxylation is 1. The van der Waals surface area contributed by atoms with E-state index in [0.717, 1.165) is 16.7 Å². The van der Waals surface area contributed by atoms with Crippen molar-refractivity contribution in [2.75, 3.05) is 5.32 Å². The van der Waals surface area contributed by atoms with Crippen molar-refractivity contribution in [1.82, 2.24) is 9.73 Å².